The molecular formula is C18H25NO3S. The Morgan fingerprint density at radius 1 is 1.17 bits per heavy atom. The quantitative estimate of drug-likeness (QED) is 0.675. The molecule has 1 heterocycles. The number of aryl methyl sites for hydroxylation is 2. The van der Waals surface area contributed by atoms with E-state index >= 15 is 0 Å². The van der Waals surface area contributed by atoms with Gasteiger partial charge < -0.3 is 10.1 Å². The van der Waals surface area contributed by atoms with Gasteiger partial charge in [-0.2, -0.15) is 0 Å². The van der Waals surface area contributed by atoms with Crippen molar-refractivity contribution in [2.24, 2.45) is 0 Å². The third kappa shape index (κ3) is 4.14. The third-order valence-electron chi connectivity index (χ3n) is 4.80. The van der Waals surface area contributed by atoms with E-state index in [4.69, 9.17) is 4.74 Å². The van der Waals surface area contributed by atoms with Crippen molar-refractivity contribution in [1.82, 2.24) is 5.32 Å². The minimum atomic E-state index is -0.734. The van der Waals surface area contributed by atoms with Crippen LogP contribution < -0.4 is 5.32 Å². The Kier molecular flexibility index (Phi) is 5.36. The average molecular weight is 335 g/mol. The van der Waals surface area contributed by atoms with Gasteiger partial charge in [0.15, 0.2) is 6.10 Å². The monoisotopic (exact) mass is 335 g/mol. The van der Waals surface area contributed by atoms with Gasteiger partial charge in [-0.15, -0.1) is 11.3 Å². The van der Waals surface area contributed by atoms with Crippen molar-refractivity contribution in [2.75, 3.05) is 0 Å². The minimum absolute atomic E-state index is 0.172. The maximum absolute atomic E-state index is 12.2. The molecule has 5 heteroatoms. The highest BCUT2D eigenvalue weighted by molar-refractivity contribution is 7.14. The molecule has 0 bridgehead atoms. The van der Waals surface area contributed by atoms with E-state index in [9.17, 15) is 9.59 Å². The van der Waals surface area contributed by atoms with E-state index in [0.29, 0.717) is 4.88 Å². The molecule has 1 aromatic rings. The molecule has 1 amide bonds. The molecule has 0 aromatic carbocycles. The fourth-order valence-electron chi connectivity index (χ4n) is 3.44. The molecule has 4 nitrogen and oxygen atoms in total. The Morgan fingerprint density at radius 2 is 1.91 bits per heavy atom. The van der Waals surface area contributed by atoms with Crippen LogP contribution in [0.3, 0.4) is 0 Å². The van der Waals surface area contributed by atoms with Crippen LogP contribution in [-0.2, 0) is 22.4 Å². The largest absolute Gasteiger partial charge is 0.448 e. The first kappa shape index (κ1) is 16.5. The molecule has 0 radical (unpaired) electrons. The molecule has 126 valence electrons. The summed E-state index contributed by atoms with van der Waals surface area (Å²) in [6.45, 7) is 1.66. The van der Waals surface area contributed by atoms with Crippen molar-refractivity contribution in [2.45, 2.75) is 76.9 Å². The van der Waals surface area contributed by atoms with Crippen LogP contribution in [0, 0.1) is 0 Å². The van der Waals surface area contributed by atoms with Crippen molar-refractivity contribution in [1.29, 1.82) is 0 Å². The topological polar surface area (TPSA) is 55.4 Å². The Morgan fingerprint density at radius 3 is 2.61 bits per heavy atom. The molecule has 1 aromatic heterocycles. The number of nitrogens with one attached hydrogen (secondary N) is 1. The minimum Gasteiger partial charge on any atom is -0.448 e. The molecule has 1 saturated carbocycles. The molecule has 2 aliphatic rings. The van der Waals surface area contributed by atoms with E-state index in [1.54, 1.807) is 6.92 Å². The molecule has 3 rings (SSSR count). The van der Waals surface area contributed by atoms with Gasteiger partial charge in [0, 0.05) is 10.9 Å². The summed E-state index contributed by atoms with van der Waals surface area (Å²) in [7, 11) is 0. The second-order valence-corrected chi connectivity index (χ2v) is 7.79. The number of hydrogen-bond acceptors (Lipinski definition) is 4. The summed E-state index contributed by atoms with van der Waals surface area (Å²) in [5.74, 6) is -0.540. The molecule has 1 N–H and O–H groups in total. The predicted molar refractivity (Wildman–Crippen MR) is 90.9 cm³/mol. The SMILES string of the molecule is C[C@@H](OC(=O)c1cc2c(s1)CCC2)C(=O)NC1CCCCCC1. The first-order valence-electron chi connectivity index (χ1n) is 8.76. The van der Waals surface area contributed by atoms with Gasteiger partial charge in [0.2, 0.25) is 0 Å². The summed E-state index contributed by atoms with van der Waals surface area (Å²) in [5.41, 5.74) is 1.28. The maximum atomic E-state index is 12.2. The highest BCUT2D eigenvalue weighted by Crippen LogP contribution is 2.31. The number of hydrogen-bond donors (Lipinski definition) is 1. The van der Waals surface area contributed by atoms with Gasteiger partial charge in [0.25, 0.3) is 5.91 Å². The number of esters is 1. The van der Waals surface area contributed by atoms with E-state index in [2.05, 4.69) is 5.32 Å². The van der Waals surface area contributed by atoms with Gasteiger partial charge in [-0.3, -0.25) is 4.79 Å². The number of thiophene rings is 1. The van der Waals surface area contributed by atoms with Crippen molar-refractivity contribution in [3.8, 4) is 0 Å². The number of rotatable bonds is 4. The summed E-state index contributed by atoms with van der Waals surface area (Å²) < 4.78 is 5.37. The molecule has 0 unspecified atom stereocenters. The molecule has 2 aliphatic carbocycles. The van der Waals surface area contributed by atoms with Gasteiger partial charge >= 0.3 is 5.97 Å². The van der Waals surface area contributed by atoms with Crippen LogP contribution in [-0.4, -0.2) is 24.0 Å². The Bertz CT molecular complexity index is 551. The molecule has 23 heavy (non-hydrogen) atoms. The molecular weight excluding hydrogens is 310 g/mol. The van der Waals surface area contributed by atoms with Crippen LogP contribution in [0.2, 0.25) is 0 Å². The smallest absolute Gasteiger partial charge is 0.349 e. The van der Waals surface area contributed by atoms with Crippen LogP contribution >= 0.6 is 11.3 Å². The zero-order chi connectivity index (χ0) is 16.2. The number of carbonyl (C=O) groups excluding carboxylic acids is 2. The van der Waals surface area contributed by atoms with Crippen LogP contribution in [0.15, 0.2) is 6.07 Å². The highest BCUT2D eigenvalue weighted by atomic mass is 32.1. The van der Waals surface area contributed by atoms with Crippen LogP contribution in [0.1, 0.15) is 72.0 Å². The lowest BCUT2D eigenvalue weighted by molar-refractivity contribution is -0.129. The van der Waals surface area contributed by atoms with Gasteiger partial charge in [0.05, 0.1) is 0 Å². The van der Waals surface area contributed by atoms with Crippen molar-refractivity contribution < 1.29 is 14.3 Å². The highest BCUT2D eigenvalue weighted by Gasteiger charge is 2.24. The first-order valence-corrected chi connectivity index (χ1v) is 9.58. The zero-order valence-electron chi connectivity index (χ0n) is 13.7. The van der Waals surface area contributed by atoms with E-state index in [1.807, 2.05) is 6.07 Å². The summed E-state index contributed by atoms with van der Waals surface area (Å²) in [6.07, 6.45) is 9.45. The number of fused-ring (bicyclic) bond motifs is 1. The standard InChI is InChI=1S/C18H25NO3S/c1-12(17(20)19-14-8-4-2-3-5-9-14)22-18(21)16-11-13-7-6-10-15(13)23-16/h11-12,14H,2-10H2,1H3,(H,19,20)/t12-/m1/s1. The summed E-state index contributed by atoms with van der Waals surface area (Å²) in [6, 6.07) is 2.17. The molecule has 1 fully saturated rings. The first-order chi connectivity index (χ1) is 11.1. The van der Waals surface area contributed by atoms with E-state index < -0.39 is 6.10 Å². The Labute approximate surface area is 141 Å². The fourth-order valence-corrected chi connectivity index (χ4v) is 4.58. The van der Waals surface area contributed by atoms with Crippen molar-refractivity contribution in [3.63, 3.8) is 0 Å². The molecule has 1 atom stereocenters. The Hall–Kier alpha value is -1.36. The van der Waals surface area contributed by atoms with Crippen LogP contribution in [0.4, 0.5) is 0 Å². The van der Waals surface area contributed by atoms with Crippen LogP contribution in [0.5, 0.6) is 0 Å². The lowest BCUT2D eigenvalue weighted by atomic mass is 10.1. The average Bonchev–Trinajstić information content (AvgIpc) is 3.02. The van der Waals surface area contributed by atoms with E-state index in [1.165, 1.54) is 53.9 Å². The third-order valence-corrected chi connectivity index (χ3v) is 6.02. The maximum Gasteiger partial charge on any atom is 0.349 e. The summed E-state index contributed by atoms with van der Waals surface area (Å²) in [5, 5.41) is 3.04. The van der Waals surface area contributed by atoms with Gasteiger partial charge in [0.1, 0.15) is 4.88 Å². The van der Waals surface area contributed by atoms with Crippen molar-refractivity contribution >= 4 is 23.2 Å². The lowest BCUT2D eigenvalue weighted by Gasteiger charge is -2.19. The van der Waals surface area contributed by atoms with Crippen LogP contribution in [0.25, 0.3) is 0 Å². The molecule has 0 aliphatic heterocycles. The summed E-state index contributed by atoms with van der Waals surface area (Å²) >= 11 is 1.52. The zero-order valence-corrected chi connectivity index (χ0v) is 14.5. The molecule has 0 spiro atoms. The predicted octanol–water partition coefficient (Wildman–Crippen LogP) is 3.62. The number of carbonyl (C=O) groups is 2. The Balaban J connectivity index is 1.51. The van der Waals surface area contributed by atoms with E-state index in [-0.39, 0.29) is 17.9 Å². The van der Waals surface area contributed by atoms with Gasteiger partial charge in [-0.25, -0.2) is 4.79 Å². The van der Waals surface area contributed by atoms with Gasteiger partial charge in [-0.1, -0.05) is 25.7 Å². The normalized spacial score (nSPS) is 19.7. The second-order valence-electron chi connectivity index (χ2n) is 6.66. The number of amides is 1. The fraction of sp³-hybridized carbons (Fsp3) is 0.667. The molecule has 0 saturated heterocycles. The second kappa shape index (κ2) is 7.47. The summed E-state index contributed by atoms with van der Waals surface area (Å²) in [4.78, 5) is 26.4. The number of ether oxygens (including phenoxy) is 1. The van der Waals surface area contributed by atoms with E-state index in [0.717, 1.165) is 25.7 Å². The lowest BCUT2D eigenvalue weighted by Crippen LogP contribution is -2.41. The van der Waals surface area contributed by atoms with Crippen molar-refractivity contribution in [3.05, 3.63) is 21.4 Å². The van der Waals surface area contributed by atoms with Gasteiger partial charge in [-0.05, 0) is 50.7 Å².